The number of halogens is 1. The molecule has 0 saturated heterocycles. The molecule has 88 valence electrons. The van der Waals surface area contributed by atoms with Gasteiger partial charge in [0.15, 0.2) is 5.78 Å². The highest BCUT2D eigenvalue weighted by atomic mass is 79.9. The van der Waals surface area contributed by atoms with Gasteiger partial charge in [0, 0.05) is 11.6 Å². The molecule has 0 bridgehead atoms. The van der Waals surface area contributed by atoms with Gasteiger partial charge >= 0.3 is 0 Å². The molecule has 0 amide bonds. The summed E-state index contributed by atoms with van der Waals surface area (Å²) in [6.07, 6.45) is 0.972. The summed E-state index contributed by atoms with van der Waals surface area (Å²) < 4.78 is 24.3. The summed E-state index contributed by atoms with van der Waals surface area (Å²) in [7, 11) is -3.49. The molecule has 0 aliphatic heterocycles. The molecule has 0 heterocycles. The molecule has 1 aromatic carbocycles. The maximum atomic E-state index is 11.5. The van der Waals surface area contributed by atoms with E-state index in [-0.39, 0.29) is 28.1 Å². The standard InChI is InChI=1S/C9H10BrNO4S/c1-16(14,15)11-8-4-6(12)2-3-7(8)9(13)5-10/h2-4,11-12H,5H2,1H3. The van der Waals surface area contributed by atoms with Gasteiger partial charge in [0.25, 0.3) is 0 Å². The van der Waals surface area contributed by atoms with Gasteiger partial charge in [-0.2, -0.15) is 0 Å². The average molecular weight is 308 g/mol. The number of anilines is 1. The second-order valence-electron chi connectivity index (χ2n) is 3.16. The summed E-state index contributed by atoms with van der Waals surface area (Å²) in [6, 6.07) is 3.88. The van der Waals surface area contributed by atoms with Gasteiger partial charge in [0.05, 0.1) is 17.3 Å². The van der Waals surface area contributed by atoms with E-state index < -0.39 is 10.0 Å². The van der Waals surface area contributed by atoms with Crippen LogP contribution in [0.15, 0.2) is 18.2 Å². The summed E-state index contributed by atoms with van der Waals surface area (Å²) in [5.74, 6) is -0.386. The normalized spacial score (nSPS) is 11.1. The van der Waals surface area contributed by atoms with Crippen LogP contribution >= 0.6 is 15.9 Å². The molecule has 0 aromatic heterocycles. The lowest BCUT2D eigenvalue weighted by Gasteiger charge is -2.09. The van der Waals surface area contributed by atoms with Crippen molar-refractivity contribution in [1.29, 1.82) is 0 Å². The van der Waals surface area contributed by atoms with E-state index in [1.165, 1.54) is 18.2 Å². The van der Waals surface area contributed by atoms with Crippen LogP contribution in [-0.2, 0) is 10.0 Å². The maximum absolute atomic E-state index is 11.5. The minimum atomic E-state index is -3.49. The lowest BCUT2D eigenvalue weighted by molar-refractivity contribution is 0.102. The summed E-state index contributed by atoms with van der Waals surface area (Å²) in [5, 5.41) is 9.31. The molecular formula is C9H10BrNO4S. The van der Waals surface area contributed by atoms with Crippen LogP contribution in [0, 0.1) is 0 Å². The van der Waals surface area contributed by atoms with Crippen LogP contribution in [0.1, 0.15) is 10.4 Å². The lowest BCUT2D eigenvalue weighted by Crippen LogP contribution is -2.13. The molecule has 16 heavy (non-hydrogen) atoms. The molecule has 2 N–H and O–H groups in total. The number of carbonyl (C=O) groups is 1. The van der Waals surface area contributed by atoms with Crippen molar-refractivity contribution in [3.05, 3.63) is 23.8 Å². The molecule has 0 fully saturated rings. The zero-order valence-corrected chi connectivity index (χ0v) is 10.8. The zero-order valence-electron chi connectivity index (χ0n) is 8.40. The number of phenolic OH excluding ortho intramolecular Hbond substituents is 1. The predicted octanol–water partition coefficient (Wildman–Crippen LogP) is 1.34. The average Bonchev–Trinajstić information content (AvgIpc) is 2.14. The van der Waals surface area contributed by atoms with E-state index in [0.29, 0.717) is 0 Å². The summed E-state index contributed by atoms with van der Waals surface area (Å²) in [5.41, 5.74) is 0.284. The smallest absolute Gasteiger partial charge is 0.229 e. The van der Waals surface area contributed by atoms with Crippen LogP contribution < -0.4 is 4.72 Å². The monoisotopic (exact) mass is 307 g/mol. The first-order chi connectivity index (χ1) is 7.33. The highest BCUT2D eigenvalue weighted by Crippen LogP contribution is 2.23. The van der Waals surface area contributed by atoms with Gasteiger partial charge in [-0.15, -0.1) is 0 Å². The van der Waals surface area contributed by atoms with Crippen LogP contribution in [0.5, 0.6) is 5.75 Å². The Morgan fingerprint density at radius 1 is 1.50 bits per heavy atom. The number of Topliss-reactive ketones (excluding diaryl/α,β-unsaturated/α-hetero) is 1. The largest absolute Gasteiger partial charge is 0.508 e. The first kappa shape index (κ1) is 13.0. The van der Waals surface area contributed by atoms with E-state index in [9.17, 15) is 18.3 Å². The number of hydrogen-bond donors (Lipinski definition) is 2. The molecule has 0 radical (unpaired) electrons. The molecule has 1 aromatic rings. The minimum Gasteiger partial charge on any atom is -0.508 e. The van der Waals surface area contributed by atoms with Crippen molar-refractivity contribution in [2.24, 2.45) is 0 Å². The Morgan fingerprint density at radius 2 is 2.12 bits per heavy atom. The quantitative estimate of drug-likeness (QED) is 0.649. The van der Waals surface area contributed by atoms with E-state index in [4.69, 9.17) is 0 Å². The fraction of sp³-hybridized carbons (Fsp3) is 0.222. The third-order valence-electron chi connectivity index (χ3n) is 1.72. The molecule has 0 atom stereocenters. The number of benzene rings is 1. The maximum Gasteiger partial charge on any atom is 0.229 e. The van der Waals surface area contributed by atoms with Gasteiger partial charge in [0.1, 0.15) is 5.75 Å². The number of ketones is 1. The molecule has 0 aliphatic rings. The molecule has 0 saturated carbocycles. The number of nitrogens with one attached hydrogen (secondary N) is 1. The van der Waals surface area contributed by atoms with Gasteiger partial charge in [-0.25, -0.2) is 8.42 Å². The van der Waals surface area contributed by atoms with Crippen molar-refractivity contribution in [2.75, 3.05) is 16.3 Å². The molecule has 5 nitrogen and oxygen atoms in total. The third-order valence-corrected chi connectivity index (χ3v) is 2.82. The first-order valence-corrected chi connectivity index (χ1v) is 7.25. The number of aromatic hydroxyl groups is 1. The van der Waals surface area contributed by atoms with Crippen LogP contribution in [-0.4, -0.2) is 30.9 Å². The van der Waals surface area contributed by atoms with E-state index >= 15 is 0 Å². The van der Waals surface area contributed by atoms with E-state index in [1.54, 1.807) is 0 Å². The Kier molecular flexibility index (Phi) is 3.93. The Balaban J connectivity index is 3.23. The molecule has 1 rings (SSSR count). The van der Waals surface area contributed by atoms with Gasteiger partial charge in [0.2, 0.25) is 10.0 Å². The summed E-state index contributed by atoms with van der Waals surface area (Å²) in [4.78, 5) is 11.5. The van der Waals surface area contributed by atoms with Crippen LogP contribution in [0.25, 0.3) is 0 Å². The van der Waals surface area contributed by atoms with Crippen molar-refractivity contribution in [2.45, 2.75) is 0 Å². The topological polar surface area (TPSA) is 83.5 Å². The minimum absolute atomic E-state index is 0.0759. The molecule has 0 aliphatic carbocycles. The van der Waals surface area contributed by atoms with Gasteiger partial charge < -0.3 is 5.11 Å². The highest BCUT2D eigenvalue weighted by molar-refractivity contribution is 9.09. The van der Waals surface area contributed by atoms with Gasteiger partial charge in [-0.3, -0.25) is 9.52 Å². The number of rotatable bonds is 4. The highest BCUT2D eigenvalue weighted by Gasteiger charge is 2.13. The molecule has 0 spiro atoms. The van der Waals surface area contributed by atoms with Crippen molar-refractivity contribution in [3.8, 4) is 5.75 Å². The second-order valence-corrected chi connectivity index (χ2v) is 5.47. The van der Waals surface area contributed by atoms with Crippen LogP contribution in [0.3, 0.4) is 0 Å². The Labute approximate surface area is 102 Å². The Hall–Kier alpha value is -1.08. The summed E-state index contributed by atoms with van der Waals surface area (Å²) in [6.45, 7) is 0. The fourth-order valence-corrected chi connectivity index (χ4v) is 2.00. The van der Waals surface area contributed by atoms with Crippen molar-refractivity contribution in [1.82, 2.24) is 0 Å². The number of sulfonamides is 1. The first-order valence-electron chi connectivity index (χ1n) is 4.23. The number of alkyl halides is 1. The zero-order chi connectivity index (χ0) is 12.3. The van der Waals surface area contributed by atoms with Crippen LogP contribution in [0.4, 0.5) is 5.69 Å². The molecule has 7 heteroatoms. The lowest BCUT2D eigenvalue weighted by atomic mass is 10.1. The fourth-order valence-electron chi connectivity index (χ4n) is 1.13. The number of phenols is 1. The Morgan fingerprint density at radius 3 is 2.62 bits per heavy atom. The van der Waals surface area contributed by atoms with E-state index in [2.05, 4.69) is 20.7 Å². The second kappa shape index (κ2) is 4.84. The predicted molar refractivity (Wildman–Crippen MR) is 64.7 cm³/mol. The van der Waals surface area contributed by atoms with Crippen LogP contribution in [0.2, 0.25) is 0 Å². The molecule has 0 unspecified atom stereocenters. The third kappa shape index (κ3) is 3.49. The molecular weight excluding hydrogens is 298 g/mol. The van der Waals surface area contributed by atoms with E-state index in [0.717, 1.165) is 6.26 Å². The number of hydrogen-bond acceptors (Lipinski definition) is 4. The van der Waals surface area contributed by atoms with E-state index in [1.807, 2.05) is 0 Å². The SMILES string of the molecule is CS(=O)(=O)Nc1cc(O)ccc1C(=O)CBr. The Bertz CT molecular complexity index is 512. The van der Waals surface area contributed by atoms with Crippen molar-refractivity contribution >= 4 is 37.4 Å². The summed E-state index contributed by atoms with van der Waals surface area (Å²) >= 11 is 2.99. The van der Waals surface area contributed by atoms with Crippen molar-refractivity contribution < 1.29 is 18.3 Å². The van der Waals surface area contributed by atoms with Gasteiger partial charge in [-0.1, -0.05) is 15.9 Å². The van der Waals surface area contributed by atoms with Gasteiger partial charge in [-0.05, 0) is 12.1 Å². The van der Waals surface area contributed by atoms with Crippen molar-refractivity contribution in [3.63, 3.8) is 0 Å². The number of carbonyl (C=O) groups excluding carboxylic acids is 1.